The molecule has 0 unspecified atom stereocenters. The van der Waals surface area contributed by atoms with E-state index in [1.807, 2.05) is 0 Å². The van der Waals surface area contributed by atoms with Crippen LogP contribution in [0.25, 0.3) is 0 Å². The standard InChI is InChI=1S/C22H26N4O6/c1-31-17-9-5-7-15(21(17)29)13-23-25-19(27)11-3-4-12-20(28)26-24-14-16-8-6-10-18(32-2)22(16)30/h5-10,13-14,29-30H,3-4,11-12H2,1-2H3,(H,25,27)(H,26,28). The summed E-state index contributed by atoms with van der Waals surface area (Å²) in [5, 5.41) is 27.5. The van der Waals surface area contributed by atoms with Gasteiger partial charge in [-0.1, -0.05) is 12.1 Å². The lowest BCUT2D eigenvalue weighted by Gasteiger charge is -2.05. The highest BCUT2D eigenvalue weighted by atomic mass is 16.5. The molecular formula is C22H26N4O6. The van der Waals surface area contributed by atoms with E-state index in [0.29, 0.717) is 35.5 Å². The van der Waals surface area contributed by atoms with Crippen molar-refractivity contribution in [2.45, 2.75) is 25.7 Å². The van der Waals surface area contributed by atoms with E-state index in [1.165, 1.54) is 26.6 Å². The number of aromatic hydroxyl groups is 2. The lowest BCUT2D eigenvalue weighted by atomic mass is 10.2. The van der Waals surface area contributed by atoms with Gasteiger partial charge in [0.25, 0.3) is 0 Å². The summed E-state index contributed by atoms with van der Waals surface area (Å²) in [7, 11) is 2.88. The molecular weight excluding hydrogens is 416 g/mol. The van der Waals surface area contributed by atoms with Crippen LogP contribution < -0.4 is 20.3 Å². The highest BCUT2D eigenvalue weighted by Crippen LogP contribution is 2.28. The number of phenolic OH excluding ortho intramolecular Hbond substituents is 2. The zero-order valence-corrected chi connectivity index (χ0v) is 17.9. The maximum Gasteiger partial charge on any atom is 0.240 e. The number of hydrazone groups is 2. The van der Waals surface area contributed by atoms with Crippen molar-refractivity contribution < 1.29 is 29.3 Å². The largest absolute Gasteiger partial charge is 0.504 e. The van der Waals surface area contributed by atoms with E-state index in [2.05, 4.69) is 21.1 Å². The summed E-state index contributed by atoms with van der Waals surface area (Å²) in [5.41, 5.74) is 5.56. The fraction of sp³-hybridized carbons (Fsp3) is 0.273. The van der Waals surface area contributed by atoms with Gasteiger partial charge in [-0.15, -0.1) is 0 Å². The van der Waals surface area contributed by atoms with Crippen LogP contribution in [0.15, 0.2) is 46.6 Å². The second kappa shape index (κ2) is 12.6. The number of hydrogen-bond donors (Lipinski definition) is 4. The van der Waals surface area contributed by atoms with Crippen LogP contribution in [0, 0.1) is 0 Å². The second-order valence-electron chi connectivity index (χ2n) is 6.59. The highest BCUT2D eigenvalue weighted by Gasteiger charge is 2.07. The van der Waals surface area contributed by atoms with Crippen LogP contribution in [-0.4, -0.2) is 48.7 Å². The Morgan fingerprint density at radius 2 is 1.22 bits per heavy atom. The van der Waals surface area contributed by atoms with Gasteiger partial charge >= 0.3 is 0 Å². The molecule has 0 aliphatic rings. The number of benzene rings is 2. The van der Waals surface area contributed by atoms with Gasteiger partial charge in [-0.25, -0.2) is 10.9 Å². The van der Waals surface area contributed by atoms with Gasteiger partial charge in [0, 0.05) is 24.0 Å². The first-order valence-corrected chi connectivity index (χ1v) is 9.82. The molecule has 0 atom stereocenters. The Hall–Kier alpha value is -4.08. The van der Waals surface area contributed by atoms with Gasteiger partial charge in [0.1, 0.15) is 0 Å². The van der Waals surface area contributed by atoms with Gasteiger partial charge < -0.3 is 19.7 Å². The summed E-state index contributed by atoms with van der Waals surface area (Å²) in [6.45, 7) is 0. The summed E-state index contributed by atoms with van der Waals surface area (Å²) in [6.07, 6.45) is 3.99. The summed E-state index contributed by atoms with van der Waals surface area (Å²) >= 11 is 0. The van der Waals surface area contributed by atoms with Gasteiger partial charge in [-0.3, -0.25) is 9.59 Å². The van der Waals surface area contributed by atoms with E-state index < -0.39 is 0 Å². The number of carbonyl (C=O) groups excluding carboxylic acids is 2. The van der Waals surface area contributed by atoms with E-state index in [0.717, 1.165) is 0 Å². The number of unbranched alkanes of at least 4 members (excludes halogenated alkanes) is 1. The van der Waals surface area contributed by atoms with E-state index in [9.17, 15) is 19.8 Å². The number of methoxy groups -OCH3 is 2. The smallest absolute Gasteiger partial charge is 0.240 e. The first-order valence-electron chi connectivity index (χ1n) is 9.82. The Bertz CT molecular complexity index is 911. The molecule has 2 rings (SSSR count). The molecule has 32 heavy (non-hydrogen) atoms. The molecule has 0 saturated carbocycles. The van der Waals surface area contributed by atoms with Crippen molar-refractivity contribution in [3.63, 3.8) is 0 Å². The van der Waals surface area contributed by atoms with Crippen LogP contribution in [0.3, 0.4) is 0 Å². The van der Waals surface area contributed by atoms with Crippen LogP contribution in [-0.2, 0) is 9.59 Å². The molecule has 4 N–H and O–H groups in total. The molecule has 0 heterocycles. The third-order valence-electron chi connectivity index (χ3n) is 4.34. The van der Waals surface area contributed by atoms with Crippen LogP contribution in [0.1, 0.15) is 36.8 Å². The summed E-state index contributed by atoms with van der Waals surface area (Å²) in [4.78, 5) is 23.7. The predicted molar refractivity (Wildman–Crippen MR) is 119 cm³/mol. The Labute approximate surface area is 185 Å². The molecule has 10 nitrogen and oxygen atoms in total. The fourth-order valence-electron chi connectivity index (χ4n) is 2.65. The van der Waals surface area contributed by atoms with Crippen LogP contribution in [0.4, 0.5) is 0 Å². The average molecular weight is 442 g/mol. The van der Waals surface area contributed by atoms with Crippen molar-refractivity contribution in [3.8, 4) is 23.0 Å². The highest BCUT2D eigenvalue weighted by molar-refractivity contribution is 5.87. The second-order valence-corrected chi connectivity index (χ2v) is 6.59. The number of carbonyl (C=O) groups is 2. The minimum Gasteiger partial charge on any atom is -0.504 e. The zero-order chi connectivity index (χ0) is 23.3. The molecule has 0 bridgehead atoms. The Morgan fingerprint density at radius 3 is 1.59 bits per heavy atom. The molecule has 0 aromatic heterocycles. The molecule has 0 radical (unpaired) electrons. The third kappa shape index (κ3) is 7.31. The molecule has 0 aliphatic carbocycles. The van der Waals surface area contributed by atoms with E-state index in [-0.39, 0.29) is 36.2 Å². The minimum absolute atomic E-state index is 0.0664. The van der Waals surface area contributed by atoms with Crippen LogP contribution >= 0.6 is 0 Å². The van der Waals surface area contributed by atoms with Crippen LogP contribution in [0.2, 0.25) is 0 Å². The van der Waals surface area contributed by atoms with Crippen molar-refractivity contribution >= 4 is 24.2 Å². The normalized spacial score (nSPS) is 10.9. The van der Waals surface area contributed by atoms with Gasteiger partial charge in [-0.05, 0) is 37.1 Å². The zero-order valence-electron chi connectivity index (χ0n) is 17.9. The minimum atomic E-state index is -0.310. The van der Waals surface area contributed by atoms with Gasteiger partial charge in [0.2, 0.25) is 11.8 Å². The van der Waals surface area contributed by atoms with E-state index in [1.54, 1.807) is 36.4 Å². The lowest BCUT2D eigenvalue weighted by Crippen LogP contribution is -2.19. The third-order valence-corrected chi connectivity index (χ3v) is 4.34. The maximum atomic E-state index is 11.8. The quantitative estimate of drug-likeness (QED) is 0.239. The topological polar surface area (TPSA) is 142 Å². The molecule has 10 heteroatoms. The summed E-state index contributed by atoms with van der Waals surface area (Å²) in [5.74, 6) is -0.135. The molecule has 0 aliphatic heterocycles. The monoisotopic (exact) mass is 442 g/mol. The number of phenols is 2. The Balaban J connectivity index is 1.66. The van der Waals surface area contributed by atoms with Gasteiger partial charge in [-0.2, -0.15) is 10.2 Å². The number of ether oxygens (including phenoxy) is 2. The first kappa shape index (κ1) is 24.2. The molecule has 2 aromatic rings. The number of para-hydroxylation sites is 2. The average Bonchev–Trinajstić information content (AvgIpc) is 2.79. The molecule has 2 amide bonds. The van der Waals surface area contributed by atoms with Crippen LogP contribution in [0.5, 0.6) is 23.0 Å². The van der Waals surface area contributed by atoms with Gasteiger partial charge in [0.05, 0.1) is 26.6 Å². The maximum absolute atomic E-state index is 11.8. The van der Waals surface area contributed by atoms with Crippen molar-refractivity contribution in [1.82, 2.24) is 10.9 Å². The summed E-state index contributed by atoms with van der Waals surface area (Å²) in [6, 6.07) is 9.85. The number of nitrogens with one attached hydrogen (secondary N) is 2. The fourth-order valence-corrected chi connectivity index (χ4v) is 2.65. The van der Waals surface area contributed by atoms with Crippen molar-refractivity contribution in [2.75, 3.05) is 14.2 Å². The number of rotatable bonds is 11. The number of nitrogens with zero attached hydrogens (tertiary/aromatic N) is 2. The number of amides is 2. The molecule has 0 saturated heterocycles. The molecule has 170 valence electrons. The predicted octanol–water partition coefficient (Wildman–Crippen LogP) is 2.28. The Morgan fingerprint density at radius 1 is 0.812 bits per heavy atom. The SMILES string of the molecule is COc1cccc(C=NNC(=O)CCCCC(=O)NN=Cc2cccc(OC)c2O)c1O. The van der Waals surface area contributed by atoms with Gasteiger partial charge in [0.15, 0.2) is 23.0 Å². The molecule has 0 fully saturated rings. The van der Waals surface area contributed by atoms with E-state index in [4.69, 9.17) is 9.47 Å². The van der Waals surface area contributed by atoms with E-state index >= 15 is 0 Å². The lowest BCUT2D eigenvalue weighted by molar-refractivity contribution is -0.123. The first-order chi connectivity index (χ1) is 15.5. The Kier molecular flexibility index (Phi) is 9.51. The van der Waals surface area contributed by atoms with Crippen molar-refractivity contribution in [1.29, 1.82) is 0 Å². The number of hydrogen-bond acceptors (Lipinski definition) is 8. The summed E-state index contributed by atoms with van der Waals surface area (Å²) < 4.78 is 10.0. The molecule has 0 spiro atoms. The van der Waals surface area contributed by atoms with Crippen molar-refractivity contribution in [2.24, 2.45) is 10.2 Å². The van der Waals surface area contributed by atoms with Crippen molar-refractivity contribution in [3.05, 3.63) is 47.5 Å². The molecule has 2 aromatic carbocycles.